The van der Waals surface area contributed by atoms with Gasteiger partial charge < -0.3 is 24.0 Å². The van der Waals surface area contributed by atoms with Crippen LogP contribution in [0.1, 0.15) is 12.0 Å². The van der Waals surface area contributed by atoms with E-state index in [1.54, 1.807) is 30.0 Å². The van der Waals surface area contributed by atoms with Crippen molar-refractivity contribution in [2.24, 2.45) is 5.92 Å². The molecule has 0 unspecified atom stereocenters. The Morgan fingerprint density at radius 3 is 2.59 bits per heavy atom. The van der Waals surface area contributed by atoms with Crippen molar-refractivity contribution in [1.29, 1.82) is 0 Å². The minimum absolute atomic E-state index is 0.0331. The van der Waals surface area contributed by atoms with E-state index >= 15 is 0 Å². The lowest BCUT2D eigenvalue weighted by Gasteiger charge is -2.23. The number of hydrogen-bond donors (Lipinski definition) is 0. The summed E-state index contributed by atoms with van der Waals surface area (Å²) in [7, 11) is 3.39. The molecule has 0 radical (unpaired) electrons. The molecule has 0 aliphatic carbocycles. The summed E-state index contributed by atoms with van der Waals surface area (Å²) in [5.41, 5.74) is 1.74. The van der Waals surface area contributed by atoms with Crippen LogP contribution in [0.3, 0.4) is 0 Å². The number of ether oxygens (including phenoxy) is 3. The third-order valence-electron chi connectivity index (χ3n) is 5.27. The molecule has 1 fully saturated rings. The van der Waals surface area contributed by atoms with Gasteiger partial charge in [0.1, 0.15) is 19.0 Å². The molecular formula is C22H24N2O5. The van der Waals surface area contributed by atoms with Gasteiger partial charge in [-0.05, 0) is 29.8 Å². The molecule has 0 bridgehead atoms. The van der Waals surface area contributed by atoms with Crippen molar-refractivity contribution in [1.82, 2.24) is 4.90 Å². The fourth-order valence-electron chi connectivity index (χ4n) is 3.72. The molecule has 1 saturated heterocycles. The van der Waals surface area contributed by atoms with Crippen molar-refractivity contribution in [2.45, 2.75) is 13.0 Å². The van der Waals surface area contributed by atoms with Crippen molar-refractivity contribution in [2.75, 3.05) is 38.8 Å². The Morgan fingerprint density at radius 1 is 1.14 bits per heavy atom. The molecule has 2 aliphatic heterocycles. The molecule has 7 heteroatoms. The summed E-state index contributed by atoms with van der Waals surface area (Å²) < 4.78 is 16.3. The first-order valence-electron chi connectivity index (χ1n) is 9.63. The highest BCUT2D eigenvalue weighted by molar-refractivity contribution is 6.00. The lowest BCUT2D eigenvalue weighted by atomic mass is 10.1. The molecule has 2 aliphatic rings. The first-order valence-corrected chi connectivity index (χ1v) is 9.63. The van der Waals surface area contributed by atoms with Gasteiger partial charge in [-0.3, -0.25) is 9.59 Å². The van der Waals surface area contributed by atoms with Gasteiger partial charge in [0.25, 0.3) is 0 Å². The minimum Gasteiger partial charge on any atom is -0.497 e. The summed E-state index contributed by atoms with van der Waals surface area (Å²) in [6.45, 7) is 1.86. The lowest BCUT2D eigenvalue weighted by Crippen LogP contribution is -2.34. The molecule has 2 aromatic carbocycles. The number of benzene rings is 2. The van der Waals surface area contributed by atoms with E-state index in [1.165, 1.54) is 0 Å². The van der Waals surface area contributed by atoms with Gasteiger partial charge in [-0.2, -0.15) is 0 Å². The fraction of sp³-hybridized carbons (Fsp3) is 0.364. The second-order valence-corrected chi connectivity index (χ2v) is 7.28. The van der Waals surface area contributed by atoms with E-state index < -0.39 is 0 Å². The van der Waals surface area contributed by atoms with Crippen LogP contribution in [0.4, 0.5) is 5.69 Å². The van der Waals surface area contributed by atoms with Gasteiger partial charge in [0.05, 0.1) is 13.0 Å². The number of methoxy groups -OCH3 is 1. The topological polar surface area (TPSA) is 68.3 Å². The van der Waals surface area contributed by atoms with Gasteiger partial charge in [-0.1, -0.05) is 12.1 Å². The molecule has 2 amide bonds. The number of anilines is 1. The van der Waals surface area contributed by atoms with Crippen LogP contribution >= 0.6 is 0 Å². The molecule has 0 spiro atoms. The number of carbonyl (C=O) groups excluding carboxylic acids is 2. The van der Waals surface area contributed by atoms with Crippen LogP contribution in [0, 0.1) is 5.92 Å². The SMILES string of the molecule is COc1ccc(CN(C)C(=O)[C@H]2CC(=O)N(c3ccc4c(c3)OCCO4)C2)cc1. The Balaban J connectivity index is 1.42. The van der Waals surface area contributed by atoms with E-state index in [2.05, 4.69) is 0 Å². The molecule has 4 rings (SSSR count). The summed E-state index contributed by atoms with van der Waals surface area (Å²) in [6, 6.07) is 13.1. The molecule has 7 nitrogen and oxygen atoms in total. The van der Waals surface area contributed by atoms with E-state index in [0.717, 1.165) is 17.0 Å². The third-order valence-corrected chi connectivity index (χ3v) is 5.27. The van der Waals surface area contributed by atoms with E-state index in [9.17, 15) is 9.59 Å². The quantitative estimate of drug-likeness (QED) is 0.777. The summed E-state index contributed by atoms with van der Waals surface area (Å²) in [5, 5.41) is 0. The highest BCUT2D eigenvalue weighted by Gasteiger charge is 2.36. The maximum absolute atomic E-state index is 12.9. The van der Waals surface area contributed by atoms with Crippen molar-refractivity contribution in [3.05, 3.63) is 48.0 Å². The second-order valence-electron chi connectivity index (χ2n) is 7.28. The number of fused-ring (bicyclic) bond motifs is 1. The van der Waals surface area contributed by atoms with Crippen LogP contribution in [-0.4, -0.2) is 50.6 Å². The monoisotopic (exact) mass is 396 g/mol. The summed E-state index contributed by atoms with van der Waals surface area (Å²) in [6.07, 6.45) is 0.209. The molecule has 2 heterocycles. The predicted molar refractivity (Wildman–Crippen MR) is 107 cm³/mol. The number of rotatable bonds is 5. The van der Waals surface area contributed by atoms with E-state index in [4.69, 9.17) is 14.2 Å². The van der Waals surface area contributed by atoms with E-state index in [0.29, 0.717) is 37.8 Å². The van der Waals surface area contributed by atoms with Crippen LogP contribution in [0.25, 0.3) is 0 Å². The number of carbonyl (C=O) groups is 2. The Hall–Kier alpha value is -3.22. The Morgan fingerprint density at radius 2 is 1.86 bits per heavy atom. The van der Waals surface area contributed by atoms with Crippen molar-refractivity contribution >= 4 is 17.5 Å². The first-order chi connectivity index (χ1) is 14.0. The second kappa shape index (κ2) is 8.03. The minimum atomic E-state index is -0.362. The lowest BCUT2D eigenvalue weighted by molar-refractivity contribution is -0.135. The maximum Gasteiger partial charge on any atom is 0.228 e. The molecule has 29 heavy (non-hydrogen) atoms. The van der Waals surface area contributed by atoms with E-state index in [1.807, 2.05) is 36.4 Å². The molecule has 0 saturated carbocycles. The van der Waals surface area contributed by atoms with Gasteiger partial charge in [-0.25, -0.2) is 0 Å². The van der Waals surface area contributed by atoms with Gasteiger partial charge >= 0.3 is 0 Å². The van der Waals surface area contributed by atoms with Gasteiger partial charge in [0.2, 0.25) is 11.8 Å². The smallest absolute Gasteiger partial charge is 0.228 e. The van der Waals surface area contributed by atoms with E-state index in [-0.39, 0.29) is 24.2 Å². The summed E-state index contributed by atoms with van der Waals surface area (Å²) >= 11 is 0. The zero-order chi connectivity index (χ0) is 20.4. The highest BCUT2D eigenvalue weighted by atomic mass is 16.6. The fourth-order valence-corrected chi connectivity index (χ4v) is 3.72. The average Bonchev–Trinajstić information content (AvgIpc) is 3.15. The number of amides is 2. The van der Waals surface area contributed by atoms with Gasteiger partial charge in [-0.15, -0.1) is 0 Å². The van der Waals surface area contributed by atoms with Gasteiger partial charge in [0.15, 0.2) is 11.5 Å². The van der Waals surface area contributed by atoms with Crippen LogP contribution < -0.4 is 19.1 Å². The normalized spacial score (nSPS) is 17.9. The third kappa shape index (κ3) is 3.99. The molecule has 2 aromatic rings. The Bertz CT molecular complexity index is 912. The zero-order valence-electron chi connectivity index (χ0n) is 16.6. The standard InChI is InChI=1S/C22H24N2O5/c1-23(13-15-3-6-18(27-2)7-4-15)22(26)16-11-21(25)24(14-16)17-5-8-19-20(12-17)29-10-9-28-19/h3-8,12,16H,9-11,13-14H2,1-2H3/t16-/m0/s1. The van der Waals surface area contributed by atoms with Crippen molar-refractivity contribution in [3.8, 4) is 17.2 Å². The zero-order valence-corrected chi connectivity index (χ0v) is 16.6. The number of nitrogens with zero attached hydrogens (tertiary/aromatic N) is 2. The van der Waals surface area contributed by atoms with Crippen molar-refractivity contribution < 1.29 is 23.8 Å². The van der Waals surface area contributed by atoms with Crippen molar-refractivity contribution in [3.63, 3.8) is 0 Å². The maximum atomic E-state index is 12.9. The molecular weight excluding hydrogens is 372 g/mol. The molecule has 1 atom stereocenters. The molecule has 152 valence electrons. The van der Waals surface area contributed by atoms with Crippen LogP contribution in [0.15, 0.2) is 42.5 Å². The first kappa shape index (κ1) is 19.1. The van der Waals surface area contributed by atoms with Crippen LogP contribution in [-0.2, 0) is 16.1 Å². The predicted octanol–water partition coefficient (Wildman–Crippen LogP) is 2.48. The number of hydrogen-bond acceptors (Lipinski definition) is 5. The molecule has 0 aromatic heterocycles. The average molecular weight is 396 g/mol. The molecule has 0 N–H and O–H groups in total. The Labute approximate surface area is 169 Å². The van der Waals surface area contributed by atoms with Crippen LogP contribution in [0.5, 0.6) is 17.2 Å². The highest BCUT2D eigenvalue weighted by Crippen LogP contribution is 2.36. The largest absolute Gasteiger partial charge is 0.497 e. The van der Waals surface area contributed by atoms with Crippen LogP contribution in [0.2, 0.25) is 0 Å². The summed E-state index contributed by atoms with van der Waals surface area (Å²) in [5.74, 6) is 1.64. The summed E-state index contributed by atoms with van der Waals surface area (Å²) in [4.78, 5) is 28.8. The Kier molecular flexibility index (Phi) is 5.29. The van der Waals surface area contributed by atoms with Gasteiger partial charge in [0, 0.05) is 38.3 Å².